The molecule has 0 saturated carbocycles. The van der Waals surface area contributed by atoms with E-state index in [2.05, 4.69) is 5.32 Å². The Bertz CT molecular complexity index is 871. The topological polar surface area (TPSA) is 56.8 Å². The van der Waals surface area contributed by atoms with Crippen LogP contribution in [0.4, 0.5) is 10.1 Å². The van der Waals surface area contributed by atoms with Crippen LogP contribution in [-0.2, 0) is 4.79 Å². The Morgan fingerprint density at radius 2 is 1.77 bits per heavy atom. The highest BCUT2D eigenvalue weighted by Crippen LogP contribution is 2.53. The summed E-state index contributed by atoms with van der Waals surface area (Å²) in [6, 6.07) is 5.96. The van der Waals surface area contributed by atoms with Crippen molar-refractivity contribution in [1.29, 1.82) is 0 Å². The van der Waals surface area contributed by atoms with Crippen molar-refractivity contribution < 1.29 is 23.4 Å². The van der Waals surface area contributed by atoms with Crippen LogP contribution < -0.4 is 19.5 Å². The number of rotatable bonds is 4. The van der Waals surface area contributed by atoms with Gasteiger partial charge in [-0.15, -0.1) is 0 Å². The summed E-state index contributed by atoms with van der Waals surface area (Å²) in [5.41, 5.74) is 1.44. The summed E-state index contributed by atoms with van der Waals surface area (Å²) in [4.78, 5) is 12.5. The maximum absolute atomic E-state index is 14.6. The number of anilines is 1. The van der Waals surface area contributed by atoms with Crippen LogP contribution in [0.25, 0.3) is 0 Å². The van der Waals surface area contributed by atoms with Crippen molar-refractivity contribution in [3.05, 3.63) is 46.2 Å². The second-order valence-electron chi connectivity index (χ2n) is 6.03. The van der Waals surface area contributed by atoms with Crippen molar-refractivity contribution in [1.82, 2.24) is 0 Å². The minimum atomic E-state index is -0.591. The predicted molar refractivity (Wildman–Crippen MR) is 97.1 cm³/mol. The fourth-order valence-electron chi connectivity index (χ4n) is 3.42. The highest BCUT2D eigenvalue weighted by atomic mass is 35.5. The standard InChI is InChI=1S/C19H19ClFNO4/c1-9-15(11-7-10(20)5-6-12(11)21)16-13(22-19(9)23)8-14(24-2)17(25-3)18(16)26-4/h5-9,15H,1-4H3,(H,22,23). The van der Waals surface area contributed by atoms with Gasteiger partial charge in [-0.1, -0.05) is 18.5 Å². The number of carbonyl (C=O) groups is 1. The molecule has 0 aliphatic carbocycles. The van der Waals surface area contributed by atoms with E-state index in [1.165, 1.54) is 39.5 Å². The van der Waals surface area contributed by atoms with E-state index in [4.69, 9.17) is 25.8 Å². The van der Waals surface area contributed by atoms with Gasteiger partial charge in [-0.3, -0.25) is 4.79 Å². The summed E-state index contributed by atoms with van der Waals surface area (Å²) in [5, 5.41) is 3.22. The molecule has 0 radical (unpaired) electrons. The quantitative estimate of drug-likeness (QED) is 0.863. The number of amides is 1. The Morgan fingerprint density at radius 1 is 1.08 bits per heavy atom. The molecule has 2 atom stereocenters. The van der Waals surface area contributed by atoms with Gasteiger partial charge in [0.15, 0.2) is 11.5 Å². The molecule has 2 unspecified atom stereocenters. The zero-order valence-electron chi connectivity index (χ0n) is 14.9. The van der Waals surface area contributed by atoms with Crippen LogP contribution in [-0.4, -0.2) is 27.2 Å². The lowest BCUT2D eigenvalue weighted by Gasteiger charge is -2.33. The number of fused-ring (bicyclic) bond motifs is 1. The molecule has 138 valence electrons. The molecule has 2 aromatic carbocycles. The van der Waals surface area contributed by atoms with Crippen molar-refractivity contribution in [2.24, 2.45) is 5.92 Å². The number of methoxy groups -OCH3 is 3. The fourth-order valence-corrected chi connectivity index (χ4v) is 3.60. The van der Waals surface area contributed by atoms with E-state index < -0.39 is 17.7 Å². The SMILES string of the molecule is COc1cc2c(c(OC)c1OC)C(c1cc(Cl)ccc1F)C(C)C(=O)N2. The Kier molecular flexibility index (Phi) is 4.96. The van der Waals surface area contributed by atoms with Crippen molar-refractivity contribution in [3.63, 3.8) is 0 Å². The summed E-state index contributed by atoms with van der Waals surface area (Å²) >= 11 is 6.08. The van der Waals surface area contributed by atoms with Gasteiger partial charge in [0, 0.05) is 28.5 Å². The summed E-state index contributed by atoms with van der Waals surface area (Å²) in [6.07, 6.45) is 0. The van der Waals surface area contributed by atoms with Crippen LogP contribution in [0.2, 0.25) is 5.02 Å². The molecule has 5 nitrogen and oxygen atoms in total. The Balaban J connectivity index is 2.35. The van der Waals surface area contributed by atoms with E-state index in [1.807, 2.05) is 0 Å². The number of hydrogen-bond acceptors (Lipinski definition) is 4. The number of carbonyl (C=O) groups excluding carboxylic acids is 1. The average Bonchev–Trinajstić information content (AvgIpc) is 2.63. The molecular weight excluding hydrogens is 361 g/mol. The molecule has 3 rings (SSSR count). The van der Waals surface area contributed by atoms with Gasteiger partial charge < -0.3 is 19.5 Å². The fraction of sp³-hybridized carbons (Fsp3) is 0.316. The Labute approximate surface area is 156 Å². The van der Waals surface area contributed by atoms with Crippen LogP contribution in [0, 0.1) is 11.7 Å². The zero-order valence-corrected chi connectivity index (χ0v) is 15.6. The van der Waals surface area contributed by atoms with Crippen LogP contribution >= 0.6 is 11.6 Å². The maximum atomic E-state index is 14.6. The molecule has 0 fully saturated rings. The molecule has 1 heterocycles. The minimum Gasteiger partial charge on any atom is -0.493 e. The van der Waals surface area contributed by atoms with Crippen LogP contribution in [0.5, 0.6) is 17.2 Å². The van der Waals surface area contributed by atoms with Crippen LogP contribution in [0.3, 0.4) is 0 Å². The number of ether oxygens (including phenoxy) is 3. The molecular formula is C19H19ClFNO4. The third kappa shape index (κ3) is 2.84. The molecule has 0 spiro atoms. The largest absolute Gasteiger partial charge is 0.493 e. The van der Waals surface area contributed by atoms with Crippen LogP contribution in [0.1, 0.15) is 24.0 Å². The Hall–Kier alpha value is -2.47. The van der Waals surface area contributed by atoms with Crippen molar-refractivity contribution in [3.8, 4) is 17.2 Å². The van der Waals surface area contributed by atoms with Crippen molar-refractivity contribution in [2.75, 3.05) is 26.6 Å². The molecule has 0 aromatic heterocycles. The number of nitrogens with one attached hydrogen (secondary N) is 1. The first kappa shape index (κ1) is 18.3. The summed E-state index contributed by atoms with van der Waals surface area (Å²) in [7, 11) is 4.47. The number of halogens is 2. The number of benzene rings is 2. The molecule has 0 bridgehead atoms. The van der Waals surface area contributed by atoms with Crippen molar-refractivity contribution in [2.45, 2.75) is 12.8 Å². The third-order valence-corrected chi connectivity index (χ3v) is 4.88. The smallest absolute Gasteiger partial charge is 0.228 e. The zero-order chi connectivity index (χ0) is 19.0. The van der Waals surface area contributed by atoms with Gasteiger partial charge in [-0.25, -0.2) is 4.39 Å². The summed E-state index contributed by atoms with van der Waals surface area (Å²) in [5.74, 6) is -0.625. The van der Waals surface area contributed by atoms with E-state index in [9.17, 15) is 9.18 Å². The maximum Gasteiger partial charge on any atom is 0.228 e. The predicted octanol–water partition coefficient (Wildman–Crippen LogP) is 4.23. The van der Waals surface area contributed by atoms with Crippen molar-refractivity contribution >= 4 is 23.2 Å². The molecule has 1 amide bonds. The minimum absolute atomic E-state index is 0.226. The van der Waals surface area contributed by atoms with Gasteiger partial charge in [0.1, 0.15) is 5.82 Å². The van der Waals surface area contributed by atoms with Gasteiger partial charge in [0.2, 0.25) is 11.7 Å². The van der Waals surface area contributed by atoms with E-state index in [0.29, 0.717) is 39.1 Å². The number of hydrogen-bond donors (Lipinski definition) is 1. The molecule has 2 aromatic rings. The van der Waals surface area contributed by atoms with E-state index in [1.54, 1.807) is 13.0 Å². The molecule has 7 heteroatoms. The second-order valence-corrected chi connectivity index (χ2v) is 6.46. The molecule has 26 heavy (non-hydrogen) atoms. The van der Waals surface area contributed by atoms with Gasteiger partial charge in [0.05, 0.1) is 27.0 Å². The normalized spacial score (nSPS) is 18.8. The third-order valence-electron chi connectivity index (χ3n) is 4.64. The van der Waals surface area contributed by atoms with E-state index in [-0.39, 0.29) is 5.91 Å². The average molecular weight is 380 g/mol. The first-order valence-corrected chi connectivity index (χ1v) is 8.39. The lowest BCUT2D eigenvalue weighted by Crippen LogP contribution is -2.33. The summed E-state index contributed by atoms with van der Waals surface area (Å²) in [6.45, 7) is 1.74. The van der Waals surface area contributed by atoms with Gasteiger partial charge in [-0.2, -0.15) is 0 Å². The monoisotopic (exact) mass is 379 g/mol. The molecule has 1 aliphatic heterocycles. The summed E-state index contributed by atoms with van der Waals surface area (Å²) < 4.78 is 31.0. The van der Waals surface area contributed by atoms with Crippen LogP contribution in [0.15, 0.2) is 24.3 Å². The highest BCUT2D eigenvalue weighted by molar-refractivity contribution is 6.30. The van der Waals surface area contributed by atoms with Gasteiger partial charge in [0.25, 0.3) is 0 Å². The molecule has 1 N–H and O–H groups in total. The van der Waals surface area contributed by atoms with E-state index >= 15 is 0 Å². The first-order valence-electron chi connectivity index (χ1n) is 8.01. The van der Waals surface area contributed by atoms with Gasteiger partial charge in [-0.05, 0) is 23.8 Å². The Morgan fingerprint density at radius 3 is 2.38 bits per heavy atom. The van der Waals surface area contributed by atoms with E-state index in [0.717, 1.165) is 0 Å². The van der Waals surface area contributed by atoms with Gasteiger partial charge >= 0.3 is 0 Å². The molecule has 0 saturated heterocycles. The lowest BCUT2D eigenvalue weighted by molar-refractivity contribution is -0.120. The second kappa shape index (κ2) is 7.03. The molecule has 1 aliphatic rings. The first-order chi connectivity index (χ1) is 12.4. The highest BCUT2D eigenvalue weighted by Gasteiger charge is 2.39. The lowest BCUT2D eigenvalue weighted by atomic mass is 9.77.